The van der Waals surface area contributed by atoms with Crippen LogP contribution in [0.25, 0.3) is 0 Å². The number of amides is 1. The molecule has 2 saturated heterocycles. The van der Waals surface area contributed by atoms with E-state index >= 15 is 0 Å². The van der Waals surface area contributed by atoms with Crippen molar-refractivity contribution in [1.29, 1.82) is 0 Å². The summed E-state index contributed by atoms with van der Waals surface area (Å²) in [6, 6.07) is 0.185. The molecule has 0 aromatic carbocycles. The van der Waals surface area contributed by atoms with Crippen molar-refractivity contribution in [3.05, 3.63) is 0 Å². The molecule has 0 aliphatic carbocycles. The Labute approximate surface area is 97.1 Å². The van der Waals surface area contributed by atoms with Gasteiger partial charge in [-0.3, -0.25) is 4.79 Å². The molecule has 1 amide bonds. The molecule has 0 aromatic rings. The molecule has 0 aromatic heterocycles. The summed E-state index contributed by atoms with van der Waals surface area (Å²) in [5.41, 5.74) is 5.87. The van der Waals surface area contributed by atoms with Gasteiger partial charge in [0.1, 0.15) is 6.10 Å². The monoisotopic (exact) mass is 226 g/mol. The highest BCUT2D eigenvalue weighted by Crippen LogP contribution is 2.22. The normalized spacial score (nSPS) is 32.8. The summed E-state index contributed by atoms with van der Waals surface area (Å²) in [5.74, 6) is 0.649. The average Bonchev–Trinajstić information content (AvgIpc) is 2.78. The highest BCUT2D eigenvalue weighted by atomic mass is 16.5. The van der Waals surface area contributed by atoms with Gasteiger partial charge in [0, 0.05) is 25.7 Å². The van der Waals surface area contributed by atoms with E-state index in [4.69, 9.17) is 10.5 Å². The van der Waals surface area contributed by atoms with E-state index in [0.717, 1.165) is 45.4 Å². The topological polar surface area (TPSA) is 55.6 Å². The molecule has 2 aliphatic rings. The molecule has 92 valence electrons. The minimum atomic E-state index is -0.180. The number of carbonyl (C=O) groups is 1. The first-order valence-electron chi connectivity index (χ1n) is 6.34. The Bertz CT molecular complexity index is 249. The lowest BCUT2D eigenvalue weighted by molar-refractivity contribution is -0.145. The van der Waals surface area contributed by atoms with Crippen molar-refractivity contribution < 1.29 is 9.53 Å². The van der Waals surface area contributed by atoms with Crippen LogP contribution in [0.15, 0.2) is 0 Å². The Hall–Kier alpha value is -0.610. The number of nitrogens with two attached hydrogens (primary N) is 1. The van der Waals surface area contributed by atoms with E-state index in [1.165, 1.54) is 0 Å². The quantitative estimate of drug-likeness (QED) is 0.756. The number of rotatable bonds is 2. The zero-order valence-electron chi connectivity index (χ0n) is 10.0. The molecule has 0 radical (unpaired) electrons. The molecular weight excluding hydrogens is 204 g/mol. The number of nitrogens with zero attached hydrogens (tertiary/aromatic N) is 1. The van der Waals surface area contributed by atoms with Gasteiger partial charge in [0.25, 0.3) is 5.91 Å². The molecule has 0 bridgehead atoms. The second-order valence-corrected chi connectivity index (χ2v) is 5.05. The van der Waals surface area contributed by atoms with E-state index in [1.54, 1.807) is 0 Å². The number of ether oxygens (including phenoxy) is 1. The maximum Gasteiger partial charge on any atom is 0.251 e. The highest BCUT2D eigenvalue weighted by Gasteiger charge is 2.33. The third-order valence-electron chi connectivity index (χ3n) is 3.74. The van der Waals surface area contributed by atoms with Crippen molar-refractivity contribution in [2.75, 3.05) is 19.7 Å². The number of carbonyl (C=O) groups excluding carboxylic acids is 1. The summed E-state index contributed by atoms with van der Waals surface area (Å²) in [6.45, 7) is 4.43. The fraction of sp³-hybridized carbons (Fsp3) is 0.917. The van der Waals surface area contributed by atoms with Crippen molar-refractivity contribution in [3.8, 4) is 0 Å². The summed E-state index contributed by atoms with van der Waals surface area (Å²) >= 11 is 0. The number of hydrogen-bond donors (Lipinski definition) is 1. The van der Waals surface area contributed by atoms with Gasteiger partial charge in [-0.1, -0.05) is 0 Å². The van der Waals surface area contributed by atoms with Crippen LogP contribution in [-0.2, 0) is 9.53 Å². The van der Waals surface area contributed by atoms with Crippen LogP contribution >= 0.6 is 0 Å². The Morgan fingerprint density at radius 3 is 2.81 bits per heavy atom. The van der Waals surface area contributed by atoms with Crippen molar-refractivity contribution in [2.45, 2.75) is 44.8 Å². The molecule has 2 heterocycles. The molecule has 16 heavy (non-hydrogen) atoms. The van der Waals surface area contributed by atoms with Gasteiger partial charge in [0.15, 0.2) is 0 Å². The van der Waals surface area contributed by atoms with Gasteiger partial charge in [0.05, 0.1) is 0 Å². The lowest BCUT2D eigenvalue weighted by atomic mass is 10.0. The van der Waals surface area contributed by atoms with Crippen LogP contribution in [0.3, 0.4) is 0 Å². The molecule has 2 aliphatic heterocycles. The summed E-state index contributed by atoms with van der Waals surface area (Å²) in [4.78, 5) is 14.1. The second-order valence-electron chi connectivity index (χ2n) is 5.05. The molecule has 3 unspecified atom stereocenters. The molecular formula is C12H22N2O2. The van der Waals surface area contributed by atoms with Crippen LogP contribution in [-0.4, -0.2) is 42.6 Å². The van der Waals surface area contributed by atoms with Gasteiger partial charge < -0.3 is 15.4 Å². The van der Waals surface area contributed by atoms with Crippen molar-refractivity contribution >= 4 is 5.91 Å². The van der Waals surface area contributed by atoms with Gasteiger partial charge >= 0.3 is 0 Å². The first-order chi connectivity index (χ1) is 7.68. The zero-order valence-corrected chi connectivity index (χ0v) is 10.0. The Morgan fingerprint density at radius 2 is 2.25 bits per heavy atom. The molecule has 2 rings (SSSR count). The van der Waals surface area contributed by atoms with Gasteiger partial charge in [0.2, 0.25) is 0 Å². The summed E-state index contributed by atoms with van der Waals surface area (Å²) in [6.07, 6.45) is 3.95. The summed E-state index contributed by atoms with van der Waals surface area (Å²) in [5, 5.41) is 0. The van der Waals surface area contributed by atoms with Crippen molar-refractivity contribution in [3.63, 3.8) is 0 Å². The first-order valence-corrected chi connectivity index (χ1v) is 6.34. The lowest BCUT2D eigenvalue weighted by Crippen LogP contribution is -2.41. The molecule has 2 fully saturated rings. The van der Waals surface area contributed by atoms with E-state index in [0.29, 0.717) is 5.92 Å². The van der Waals surface area contributed by atoms with E-state index in [1.807, 2.05) is 11.8 Å². The van der Waals surface area contributed by atoms with Gasteiger partial charge in [-0.15, -0.1) is 0 Å². The Balaban J connectivity index is 1.86. The van der Waals surface area contributed by atoms with Gasteiger partial charge in [-0.2, -0.15) is 0 Å². The van der Waals surface area contributed by atoms with E-state index < -0.39 is 0 Å². The standard InChI is InChI=1S/C12H22N2O2/c1-9(13)10-5-6-14(8-10)12(15)11-4-2-3-7-16-11/h9-11H,2-8,13H2,1H3. The lowest BCUT2D eigenvalue weighted by Gasteiger charge is -2.26. The number of likely N-dealkylation sites (tertiary alicyclic amines) is 1. The first kappa shape index (κ1) is 11.9. The van der Waals surface area contributed by atoms with Crippen LogP contribution in [0.4, 0.5) is 0 Å². The third kappa shape index (κ3) is 2.55. The van der Waals surface area contributed by atoms with Crippen molar-refractivity contribution in [1.82, 2.24) is 4.90 Å². The molecule has 0 saturated carbocycles. The maximum atomic E-state index is 12.1. The van der Waals surface area contributed by atoms with Crippen LogP contribution in [0.5, 0.6) is 0 Å². The molecule has 3 atom stereocenters. The molecule has 4 nitrogen and oxygen atoms in total. The SMILES string of the molecule is CC(N)C1CCN(C(=O)C2CCCCO2)C1. The van der Waals surface area contributed by atoms with E-state index in [2.05, 4.69) is 0 Å². The van der Waals surface area contributed by atoms with Gasteiger partial charge in [-0.05, 0) is 38.5 Å². The summed E-state index contributed by atoms with van der Waals surface area (Å²) in [7, 11) is 0. The molecule has 2 N–H and O–H groups in total. The maximum absolute atomic E-state index is 12.1. The van der Waals surface area contributed by atoms with Crippen molar-refractivity contribution in [2.24, 2.45) is 11.7 Å². The average molecular weight is 226 g/mol. The van der Waals surface area contributed by atoms with E-state index in [9.17, 15) is 4.79 Å². The third-order valence-corrected chi connectivity index (χ3v) is 3.74. The minimum absolute atomic E-state index is 0.180. The fourth-order valence-corrected chi connectivity index (χ4v) is 2.56. The van der Waals surface area contributed by atoms with Crippen LogP contribution < -0.4 is 5.73 Å². The predicted octanol–water partition coefficient (Wildman–Crippen LogP) is 0.751. The fourth-order valence-electron chi connectivity index (χ4n) is 2.56. The largest absolute Gasteiger partial charge is 0.368 e. The predicted molar refractivity (Wildman–Crippen MR) is 61.9 cm³/mol. The molecule has 4 heteroatoms. The van der Waals surface area contributed by atoms with Crippen LogP contribution in [0, 0.1) is 5.92 Å². The van der Waals surface area contributed by atoms with Gasteiger partial charge in [-0.25, -0.2) is 0 Å². The smallest absolute Gasteiger partial charge is 0.251 e. The Kier molecular flexibility index (Phi) is 3.82. The zero-order chi connectivity index (χ0) is 11.5. The highest BCUT2D eigenvalue weighted by molar-refractivity contribution is 5.81. The number of hydrogen-bond acceptors (Lipinski definition) is 3. The molecule has 0 spiro atoms. The second kappa shape index (κ2) is 5.15. The minimum Gasteiger partial charge on any atom is -0.368 e. The van der Waals surface area contributed by atoms with Crippen LogP contribution in [0.2, 0.25) is 0 Å². The Morgan fingerprint density at radius 1 is 1.44 bits per heavy atom. The summed E-state index contributed by atoms with van der Waals surface area (Å²) < 4.78 is 5.53. The van der Waals surface area contributed by atoms with E-state index in [-0.39, 0.29) is 18.1 Å². The van der Waals surface area contributed by atoms with Crippen LogP contribution in [0.1, 0.15) is 32.6 Å².